The number of hydrogen-bond acceptors (Lipinski definition) is 3. The third-order valence-corrected chi connectivity index (χ3v) is 3.05. The van der Waals surface area contributed by atoms with Gasteiger partial charge in [0.1, 0.15) is 5.75 Å². The zero-order valence-electron chi connectivity index (χ0n) is 10.1. The van der Waals surface area contributed by atoms with Crippen LogP contribution in [0.15, 0.2) is 46.9 Å². The number of amides is 1. The number of thiazole rings is 1. The van der Waals surface area contributed by atoms with Crippen molar-refractivity contribution in [3.8, 4) is 5.75 Å². The quantitative estimate of drug-likeness (QED) is 0.853. The van der Waals surface area contributed by atoms with Gasteiger partial charge in [0.2, 0.25) is 0 Å². The van der Waals surface area contributed by atoms with Crippen molar-refractivity contribution in [1.82, 2.24) is 4.57 Å². The van der Waals surface area contributed by atoms with Crippen molar-refractivity contribution in [3.63, 3.8) is 0 Å². The fourth-order valence-electron chi connectivity index (χ4n) is 1.49. The van der Waals surface area contributed by atoms with Crippen LogP contribution in [0.3, 0.4) is 0 Å². The maximum Gasteiger partial charge on any atom is 0.441 e. The predicted octanol–water partition coefficient (Wildman–Crippen LogP) is 3.06. The van der Waals surface area contributed by atoms with Gasteiger partial charge in [0.25, 0.3) is 0 Å². The van der Waals surface area contributed by atoms with E-state index in [9.17, 15) is 4.79 Å². The highest BCUT2D eigenvalue weighted by Crippen LogP contribution is 2.08. The molecule has 0 bridgehead atoms. The van der Waals surface area contributed by atoms with E-state index in [2.05, 4.69) is 11.9 Å². The number of rotatable bonds is 3. The van der Waals surface area contributed by atoms with Gasteiger partial charge < -0.3 is 9.30 Å². The maximum absolute atomic E-state index is 11.6. The first-order valence-corrected chi connectivity index (χ1v) is 6.63. The van der Waals surface area contributed by atoms with Crippen LogP contribution in [0.1, 0.15) is 13.3 Å². The van der Waals surface area contributed by atoms with E-state index in [0.717, 1.165) is 13.0 Å². The van der Waals surface area contributed by atoms with Crippen LogP contribution in [0.2, 0.25) is 0 Å². The molecule has 18 heavy (non-hydrogen) atoms. The summed E-state index contributed by atoms with van der Waals surface area (Å²) in [6.45, 7) is 2.93. The van der Waals surface area contributed by atoms with Gasteiger partial charge in [-0.3, -0.25) is 0 Å². The van der Waals surface area contributed by atoms with Gasteiger partial charge in [-0.05, 0) is 18.6 Å². The average Bonchev–Trinajstić information content (AvgIpc) is 2.78. The molecule has 0 saturated carbocycles. The lowest BCUT2D eigenvalue weighted by Gasteiger charge is -2.00. The van der Waals surface area contributed by atoms with E-state index < -0.39 is 6.09 Å². The molecule has 0 fully saturated rings. The summed E-state index contributed by atoms with van der Waals surface area (Å²) in [6, 6.07) is 8.93. The molecular formula is C13H14N2O2S. The van der Waals surface area contributed by atoms with Crippen LogP contribution in [0.4, 0.5) is 4.79 Å². The number of aromatic nitrogens is 1. The van der Waals surface area contributed by atoms with E-state index in [1.165, 1.54) is 11.3 Å². The molecule has 1 aromatic heterocycles. The summed E-state index contributed by atoms with van der Waals surface area (Å²) in [5.74, 6) is 0.504. The van der Waals surface area contributed by atoms with E-state index in [0.29, 0.717) is 10.6 Å². The number of carbonyl (C=O) groups excluding carboxylic acids is 1. The summed E-state index contributed by atoms with van der Waals surface area (Å²) in [5.41, 5.74) is 0. The van der Waals surface area contributed by atoms with E-state index in [-0.39, 0.29) is 0 Å². The number of aryl methyl sites for hydroxylation is 1. The van der Waals surface area contributed by atoms with Gasteiger partial charge in [0.15, 0.2) is 4.80 Å². The van der Waals surface area contributed by atoms with Crippen LogP contribution in [0, 0.1) is 0 Å². The SMILES string of the molecule is CCCn1ccsc1=NC(=O)Oc1ccccc1. The summed E-state index contributed by atoms with van der Waals surface area (Å²) >= 11 is 1.42. The fourth-order valence-corrected chi connectivity index (χ4v) is 2.23. The van der Waals surface area contributed by atoms with Gasteiger partial charge in [-0.1, -0.05) is 25.1 Å². The lowest BCUT2D eigenvalue weighted by molar-refractivity contribution is 0.210. The molecule has 0 N–H and O–H groups in total. The van der Waals surface area contributed by atoms with E-state index in [4.69, 9.17) is 4.74 Å². The molecule has 4 nitrogen and oxygen atoms in total. The minimum Gasteiger partial charge on any atom is -0.409 e. The molecule has 0 atom stereocenters. The lowest BCUT2D eigenvalue weighted by Crippen LogP contribution is -2.17. The molecule has 0 aliphatic heterocycles. The lowest BCUT2D eigenvalue weighted by atomic mass is 10.3. The summed E-state index contributed by atoms with van der Waals surface area (Å²) in [5, 5.41) is 1.91. The Morgan fingerprint density at radius 3 is 2.89 bits per heavy atom. The van der Waals surface area contributed by atoms with Crippen molar-refractivity contribution in [1.29, 1.82) is 0 Å². The van der Waals surface area contributed by atoms with Gasteiger partial charge in [0.05, 0.1) is 0 Å². The Balaban J connectivity index is 2.13. The summed E-state index contributed by atoms with van der Waals surface area (Å²) in [4.78, 5) is 16.3. The van der Waals surface area contributed by atoms with Gasteiger partial charge in [0, 0.05) is 18.1 Å². The van der Waals surface area contributed by atoms with Gasteiger partial charge >= 0.3 is 6.09 Å². The molecule has 0 spiro atoms. The van der Waals surface area contributed by atoms with Crippen molar-refractivity contribution < 1.29 is 9.53 Å². The summed E-state index contributed by atoms with van der Waals surface area (Å²) < 4.78 is 7.05. The monoisotopic (exact) mass is 262 g/mol. The largest absolute Gasteiger partial charge is 0.441 e. The topological polar surface area (TPSA) is 43.6 Å². The van der Waals surface area contributed by atoms with Crippen molar-refractivity contribution in [2.24, 2.45) is 4.99 Å². The molecule has 94 valence electrons. The molecule has 1 aromatic carbocycles. The number of nitrogens with zero attached hydrogens (tertiary/aromatic N) is 2. The standard InChI is InChI=1S/C13H14N2O2S/c1-2-8-15-9-10-18-12(15)14-13(16)17-11-6-4-3-5-7-11/h3-7,9-10H,2,8H2,1H3. The highest BCUT2D eigenvalue weighted by molar-refractivity contribution is 7.07. The molecule has 0 aliphatic carbocycles. The van der Waals surface area contributed by atoms with Crippen LogP contribution >= 0.6 is 11.3 Å². The van der Waals surface area contributed by atoms with Gasteiger partial charge in [-0.2, -0.15) is 0 Å². The molecule has 0 saturated heterocycles. The van der Waals surface area contributed by atoms with Crippen molar-refractivity contribution >= 4 is 17.4 Å². The second-order valence-electron chi connectivity index (χ2n) is 3.67. The van der Waals surface area contributed by atoms with Crippen molar-refractivity contribution in [3.05, 3.63) is 46.7 Å². The number of benzene rings is 1. The molecule has 1 heterocycles. The summed E-state index contributed by atoms with van der Waals surface area (Å²) in [6.07, 6.45) is 2.33. The van der Waals surface area contributed by atoms with E-state index in [1.54, 1.807) is 12.1 Å². The highest BCUT2D eigenvalue weighted by atomic mass is 32.1. The Hall–Kier alpha value is -1.88. The molecule has 0 unspecified atom stereocenters. The zero-order valence-corrected chi connectivity index (χ0v) is 10.9. The van der Waals surface area contributed by atoms with Crippen LogP contribution in [-0.2, 0) is 6.54 Å². The van der Waals surface area contributed by atoms with E-state index in [1.807, 2.05) is 34.3 Å². The first-order valence-electron chi connectivity index (χ1n) is 5.75. The molecule has 1 amide bonds. The normalized spacial score (nSPS) is 11.5. The first kappa shape index (κ1) is 12.6. The minimum atomic E-state index is -0.589. The Kier molecular flexibility index (Phi) is 4.30. The van der Waals surface area contributed by atoms with Crippen LogP contribution < -0.4 is 9.54 Å². The number of hydrogen-bond donors (Lipinski definition) is 0. The Morgan fingerprint density at radius 2 is 2.17 bits per heavy atom. The number of carbonyl (C=O) groups is 1. The van der Waals surface area contributed by atoms with Gasteiger partial charge in [-0.15, -0.1) is 16.3 Å². The third-order valence-electron chi connectivity index (χ3n) is 2.26. The van der Waals surface area contributed by atoms with Gasteiger partial charge in [-0.25, -0.2) is 4.79 Å². The van der Waals surface area contributed by atoms with E-state index >= 15 is 0 Å². The predicted molar refractivity (Wildman–Crippen MR) is 70.6 cm³/mol. The average molecular weight is 262 g/mol. The number of para-hydroxylation sites is 1. The Morgan fingerprint density at radius 1 is 1.39 bits per heavy atom. The molecule has 0 radical (unpaired) electrons. The fraction of sp³-hybridized carbons (Fsp3) is 0.231. The summed E-state index contributed by atoms with van der Waals surface area (Å²) in [7, 11) is 0. The number of ether oxygens (including phenoxy) is 1. The smallest absolute Gasteiger partial charge is 0.409 e. The zero-order chi connectivity index (χ0) is 12.8. The second kappa shape index (κ2) is 6.16. The van der Waals surface area contributed by atoms with Crippen molar-refractivity contribution in [2.75, 3.05) is 0 Å². The second-order valence-corrected chi connectivity index (χ2v) is 4.54. The molecular weight excluding hydrogens is 248 g/mol. The third kappa shape index (κ3) is 3.30. The maximum atomic E-state index is 11.6. The molecule has 2 aromatic rings. The first-order chi connectivity index (χ1) is 8.79. The minimum absolute atomic E-state index is 0.504. The molecule has 0 aliphatic rings. The molecule has 2 rings (SSSR count). The van der Waals surface area contributed by atoms with Crippen LogP contribution in [0.25, 0.3) is 0 Å². The highest BCUT2D eigenvalue weighted by Gasteiger charge is 2.03. The Labute approximate surface area is 109 Å². The van der Waals surface area contributed by atoms with Crippen LogP contribution in [0.5, 0.6) is 5.75 Å². The van der Waals surface area contributed by atoms with Crippen molar-refractivity contribution in [2.45, 2.75) is 19.9 Å². The molecule has 5 heteroatoms. The Bertz CT molecular complexity index is 572. The van der Waals surface area contributed by atoms with Crippen LogP contribution in [-0.4, -0.2) is 10.7 Å².